The van der Waals surface area contributed by atoms with Crippen molar-refractivity contribution in [2.45, 2.75) is 25.7 Å². The second-order valence-corrected chi connectivity index (χ2v) is 2.93. The number of aromatic nitrogens is 1. The third-order valence-electron chi connectivity index (χ3n) is 1.87. The zero-order chi connectivity index (χ0) is 9.36. The molecule has 1 aromatic rings. The predicted molar refractivity (Wildman–Crippen MR) is 52.1 cm³/mol. The van der Waals surface area contributed by atoms with Gasteiger partial charge in [0.05, 0.1) is 0 Å². The van der Waals surface area contributed by atoms with Crippen molar-refractivity contribution in [3.63, 3.8) is 0 Å². The van der Waals surface area contributed by atoms with E-state index in [1.54, 1.807) is 18.2 Å². The first-order valence-electron chi connectivity index (χ1n) is 4.52. The Hall–Kier alpha value is -1.40. The van der Waals surface area contributed by atoms with E-state index >= 15 is 0 Å². The standard InChI is InChI=1S/C11H13NO/c13-9-4-2-1-3-6-11-7-5-8-12-10-11/h4-5,7-8,10H,1-3,6H2. The lowest BCUT2D eigenvalue weighted by Crippen LogP contribution is -1.85. The Labute approximate surface area is 78.3 Å². The fourth-order valence-electron chi connectivity index (χ4n) is 1.18. The van der Waals surface area contributed by atoms with Gasteiger partial charge in [-0.1, -0.05) is 6.07 Å². The van der Waals surface area contributed by atoms with Crippen LogP contribution in [0.25, 0.3) is 0 Å². The highest BCUT2D eigenvalue weighted by Crippen LogP contribution is 2.04. The fourth-order valence-corrected chi connectivity index (χ4v) is 1.18. The zero-order valence-corrected chi connectivity index (χ0v) is 7.57. The Morgan fingerprint density at radius 3 is 3.08 bits per heavy atom. The maximum absolute atomic E-state index is 9.85. The highest BCUT2D eigenvalue weighted by molar-refractivity contribution is 5.44. The van der Waals surface area contributed by atoms with Gasteiger partial charge in [0.1, 0.15) is 5.94 Å². The van der Waals surface area contributed by atoms with E-state index in [-0.39, 0.29) is 0 Å². The van der Waals surface area contributed by atoms with Crippen molar-refractivity contribution in [2.75, 3.05) is 0 Å². The third-order valence-corrected chi connectivity index (χ3v) is 1.87. The molecule has 0 saturated carbocycles. The molecule has 0 bridgehead atoms. The molecule has 0 amide bonds. The van der Waals surface area contributed by atoms with Crippen molar-refractivity contribution in [3.8, 4) is 0 Å². The summed E-state index contributed by atoms with van der Waals surface area (Å²) in [6.45, 7) is 0. The Morgan fingerprint density at radius 2 is 2.38 bits per heavy atom. The Kier molecular flexibility index (Phi) is 4.58. The second-order valence-electron chi connectivity index (χ2n) is 2.93. The summed E-state index contributed by atoms with van der Waals surface area (Å²) < 4.78 is 0. The molecular weight excluding hydrogens is 162 g/mol. The molecule has 0 aliphatic rings. The lowest BCUT2D eigenvalue weighted by Gasteiger charge is -1.97. The first kappa shape index (κ1) is 9.69. The van der Waals surface area contributed by atoms with Gasteiger partial charge in [-0.15, -0.1) is 0 Å². The molecule has 0 atom stereocenters. The van der Waals surface area contributed by atoms with E-state index in [0.29, 0.717) is 0 Å². The lowest BCUT2D eigenvalue weighted by molar-refractivity contribution is 0.567. The number of carbonyl (C=O) groups excluding carboxylic acids is 1. The number of allylic oxidation sites excluding steroid dienone is 1. The number of rotatable bonds is 5. The van der Waals surface area contributed by atoms with E-state index in [1.165, 1.54) is 5.56 Å². The molecule has 1 heterocycles. The van der Waals surface area contributed by atoms with Gasteiger partial charge in [-0.2, -0.15) is 0 Å². The Balaban J connectivity index is 2.17. The van der Waals surface area contributed by atoms with Gasteiger partial charge in [0.2, 0.25) is 0 Å². The zero-order valence-electron chi connectivity index (χ0n) is 7.57. The van der Waals surface area contributed by atoms with Crippen LogP contribution in [0.5, 0.6) is 0 Å². The summed E-state index contributed by atoms with van der Waals surface area (Å²) in [4.78, 5) is 13.9. The predicted octanol–water partition coefficient (Wildman–Crippen LogP) is 2.18. The summed E-state index contributed by atoms with van der Waals surface area (Å²) in [5.74, 6) is 1.78. The van der Waals surface area contributed by atoms with Crippen molar-refractivity contribution in [1.29, 1.82) is 0 Å². The van der Waals surface area contributed by atoms with Gasteiger partial charge >= 0.3 is 0 Å². The summed E-state index contributed by atoms with van der Waals surface area (Å²) in [6.07, 6.45) is 9.23. The van der Waals surface area contributed by atoms with Crippen LogP contribution >= 0.6 is 0 Å². The van der Waals surface area contributed by atoms with Crippen LogP contribution in [0.4, 0.5) is 0 Å². The molecule has 0 N–H and O–H groups in total. The molecule has 0 aromatic carbocycles. The highest BCUT2D eigenvalue weighted by atomic mass is 16.1. The van der Waals surface area contributed by atoms with Crippen LogP contribution in [-0.4, -0.2) is 10.9 Å². The molecule has 1 rings (SSSR count). The minimum absolute atomic E-state index is 0.837. The molecule has 0 spiro atoms. The molecule has 0 radical (unpaired) electrons. The van der Waals surface area contributed by atoms with Crippen LogP contribution in [0.1, 0.15) is 24.8 Å². The summed E-state index contributed by atoms with van der Waals surface area (Å²) in [5, 5.41) is 0. The molecule has 0 aliphatic carbocycles. The van der Waals surface area contributed by atoms with Gasteiger partial charge in [-0.25, -0.2) is 4.79 Å². The monoisotopic (exact) mass is 175 g/mol. The third kappa shape index (κ3) is 4.24. The molecule has 1 aromatic heterocycles. The molecule has 13 heavy (non-hydrogen) atoms. The first-order valence-corrected chi connectivity index (χ1v) is 4.52. The van der Waals surface area contributed by atoms with Crippen molar-refractivity contribution in [1.82, 2.24) is 4.98 Å². The molecular formula is C11H13NO. The number of unbranched alkanes of at least 4 members (excludes halogenated alkanes) is 2. The largest absolute Gasteiger partial charge is 0.264 e. The van der Waals surface area contributed by atoms with E-state index in [4.69, 9.17) is 0 Å². The summed E-state index contributed by atoms with van der Waals surface area (Å²) >= 11 is 0. The molecule has 68 valence electrons. The average molecular weight is 175 g/mol. The number of hydrogen-bond donors (Lipinski definition) is 0. The van der Waals surface area contributed by atoms with Crippen molar-refractivity contribution >= 4 is 5.94 Å². The van der Waals surface area contributed by atoms with Crippen LogP contribution < -0.4 is 0 Å². The fraction of sp³-hybridized carbons (Fsp3) is 0.364. The van der Waals surface area contributed by atoms with E-state index in [1.807, 2.05) is 12.3 Å². The van der Waals surface area contributed by atoms with Gasteiger partial charge in [0.15, 0.2) is 0 Å². The molecule has 2 nitrogen and oxygen atoms in total. The minimum Gasteiger partial charge on any atom is -0.264 e. The first-order chi connectivity index (χ1) is 6.43. The van der Waals surface area contributed by atoms with Gasteiger partial charge in [-0.3, -0.25) is 4.98 Å². The van der Waals surface area contributed by atoms with Crippen molar-refractivity contribution < 1.29 is 4.79 Å². The normalized spacial score (nSPS) is 9.23. The molecule has 2 heteroatoms. The van der Waals surface area contributed by atoms with E-state index in [0.717, 1.165) is 25.7 Å². The van der Waals surface area contributed by atoms with Crippen molar-refractivity contribution in [3.05, 3.63) is 36.2 Å². The van der Waals surface area contributed by atoms with Crippen LogP contribution in [0, 0.1) is 0 Å². The van der Waals surface area contributed by atoms with Crippen LogP contribution in [-0.2, 0) is 11.2 Å². The van der Waals surface area contributed by atoms with Gasteiger partial charge in [0, 0.05) is 12.4 Å². The maximum atomic E-state index is 9.85. The SMILES string of the molecule is O=C=CCCCCc1cccnc1. The minimum atomic E-state index is 0.837. The Morgan fingerprint density at radius 1 is 1.46 bits per heavy atom. The maximum Gasteiger partial charge on any atom is 0.120 e. The molecule has 0 saturated heterocycles. The second kappa shape index (κ2) is 6.15. The van der Waals surface area contributed by atoms with E-state index < -0.39 is 0 Å². The van der Waals surface area contributed by atoms with Crippen molar-refractivity contribution in [2.24, 2.45) is 0 Å². The number of aryl methyl sites for hydroxylation is 1. The molecule has 0 unspecified atom stereocenters. The summed E-state index contributed by atoms with van der Waals surface area (Å²) in [7, 11) is 0. The van der Waals surface area contributed by atoms with Gasteiger partial charge in [0.25, 0.3) is 0 Å². The number of pyridine rings is 1. The van der Waals surface area contributed by atoms with Crippen LogP contribution in [0.15, 0.2) is 30.6 Å². The summed E-state index contributed by atoms with van der Waals surface area (Å²) in [5.41, 5.74) is 1.26. The Bertz CT molecular complexity index is 275. The van der Waals surface area contributed by atoms with Crippen LogP contribution in [0.3, 0.4) is 0 Å². The van der Waals surface area contributed by atoms with Gasteiger partial charge < -0.3 is 0 Å². The topological polar surface area (TPSA) is 30.0 Å². The number of nitrogens with zero attached hydrogens (tertiary/aromatic N) is 1. The lowest BCUT2D eigenvalue weighted by atomic mass is 10.1. The molecule has 0 fully saturated rings. The number of hydrogen-bond acceptors (Lipinski definition) is 2. The average Bonchev–Trinajstić information content (AvgIpc) is 2.19. The van der Waals surface area contributed by atoms with Gasteiger partial charge in [-0.05, 0) is 43.4 Å². The highest BCUT2D eigenvalue weighted by Gasteiger charge is 1.91. The molecule has 0 aliphatic heterocycles. The van der Waals surface area contributed by atoms with Crippen LogP contribution in [0.2, 0.25) is 0 Å². The quantitative estimate of drug-likeness (QED) is 0.507. The van der Waals surface area contributed by atoms with E-state index in [9.17, 15) is 4.79 Å². The smallest absolute Gasteiger partial charge is 0.120 e. The summed E-state index contributed by atoms with van der Waals surface area (Å²) in [6, 6.07) is 4.02. The van der Waals surface area contributed by atoms with E-state index in [2.05, 4.69) is 11.1 Å².